The fourth-order valence-electron chi connectivity index (χ4n) is 2.69. The van der Waals surface area contributed by atoms with E-state index < -0.39 is 0 Å². The predicted molar refractivity (Wildman–Crippen MR) is 69.5 cm³/mol. The summed E-state index contributed by atoms with van der Waals surface area (Å²) < 4.78 is 0. The van der Waals surface area contributed by atoms with Gasteiger partial charge in [0.25, 0.3) is 0 Å². The van der Waals surface area contributed by atoms with E-state index >= 15 is 0 Å². The Labute approximate surface area is 101 Å². The zero-order chi connectivity index (χ0) is 11.6. The Bertz CT molecular complexity index is 155. The van der Waals surface area contributed by atoms with E-state index in [1.54, 1.807) is 0 Å². The molecule has 1 aliphatic rings. The SMILES string of the molecule is CCCCC(CO)CCCC1CCNCC1. The van der Waals surface area contributed by atoms with E-state index in [1.165, 1.54) is 64.5 Å². The van der Waals surface area contributed by atoms with Crippen molar-refractivity contribution in [1.82, 2.24) is 5.32 Å². The van der Waals surface area contributed by atoms with Crippen LogP contribution in [0.15, 0.2) is 0 Å². The first-order chi connectivity index (χ1) is 7.86. The molecular weight excluding hydrogens is 198 g/mol. The maximum atomic E-state index is 9.28. The molecule has 0 spiro atoms. The number of hydrogen-bond donors (Lipinski definition) is 2. The summed E-state index contributed by atoms with van der Waals surface area (Å²) in [6, 6.07) is 0. The van der Waals surface area contributed by atoms with E-state index in [0.29, 0.717) is 12.5 Å². The van der Waals surface area contributed by atoms with Crippen LogP contribution in [-0.4, -0.2) is 24.8 Å². The van der Waals surface area contributed by atoms with Gasteiger partial charge in [0.15, 0.2) is 0 Å². The molecule has 0 aliphatic carbocycles. The highest BCUT2D eigenvalue weighted by molar-refractivity contribution is 4.69. The number of rotatable bonds is 8. The lowest BCUT2D eigenvalue weighted by Gasteiger charge is -2.23. The van der Waals surface area contributed by atoms with Gasteiger partial charge in [0.1, 0.15) is 0 Å². The molecule has 96 valence electrons. The van der Waals surface area contributed by atoms with Gasteiger partial charge in [0.2, 0.25) is 0 Å². The van der Waals surface area contributed by atoms with Crippen LogP contribution in [0.5, 0.6) is 0 Å². The van der Waals surface area contributed by atoms with Gasteiger partial charge in [0.05, 0.1) is 0 Å². The molecule has 2 heteroatoms. The number of piperidine rings is 1. The molecule has 2 N–H and O–H groups in total. The van der Waals surface area contributed by atoms with Gasteiger partial charge in [-0.1, -0.05) is 32.6 Å². The second kappa shape index (κ2) is 9.00. The minimum Gasteiger partial charge on any atom is -0.396 e. The standard InChI is InChI=1S/C14H29NO/c1-2-3-5-14(12-16)7-4-6-13-8-10-15-11-9-13/h13-16H,2-12H2,1H3. The van der Waals surface area contributed by atoms with Crippen LogP contribution in [0.2, 0.25) is 0 Å². The van der Waals surface area contributed by atoms with E-state index in [4.69, 9.17) is 0 Å². The first-order valence-corrected chi connectivity index (χ1v) is 7.18. The second-order valence-electron chi connectivity index (χ2n) is 5.32. The lowest BCUT2D eigenvalue weighted by molar-refractivity contribution is 0.201. The monoisotopic (exact) mass is 227 g/mol. The molecule has 0 radical (unpaired) electrons. The van der Waals surface area contributed by atoms with E-state index in [2.05, 4.69) is 12.2 Å². The topological polar surface area (TPSA) is 32.3 Å². The van der Waals surface area contributed by atoms with Crippen molar-refractivity contribution in [1.29, 1.82) is 0 Å². The van der Waals surface area contributed by atoms with Crippen molar-refractivity contribution in [3.63, 3.8) is 0 Å². The zero-order valence-electron chi connectivity index (χ0n) is 10.9. The summed E-state index contributed by atoms with van der Waals surface area (Å²) in [4.78, 5) is 0. The summed E-state index contributed by atoms with van der Waals surface area (Å²) in [6.07, 6.45) is 10.4. The van der Waals surface area contributed by atoms with Gasteiger partial charge in [-0.15, -0.1) is 0 Å². The van der Waals surface area contributed by atoms with Crippen LogP contribution in [0.4, 0.5) is 0 Å². The van der Waals surface area contributed by atoms with Crippen LogP contribution in [-0.2, 0) is 0 Å². The Hall–Kier alpha value is -0.0800. The van der Waals surface area contributed by atoms with E-state index in [1.807, 2.05) is 0 Å². The third kappa shape index (κ3) is 5.86. The number of aliphatic hydroxyl groups is 1. The lowest BCUT2D eigenvalue weighted by Crippen LogP contribution is -2.27. The van der Waals surface area contributed by atoms with E-state index in [9.17, 15) is 5.11 Å². The summed E-state index contributed by atoms with van der Waals surface area (Å²) in [6.45, 7) is 5.05. The fraction of sp³-hybridized carbons (Fsp3) is 1.00. The number of unbranched alkanes of at least 4 members (excludes halogenated alkanes) is 1. The lowest BCUT2D eigenvalue weighted by atomic mass is 9.89. The smallest absolute Gasteiger partial charge is 0.0459 e. The van der Waals surface area contributed by atoms with Crippen LogP contribution in [0, 0.1) is 11.8 Å². The van der Waals surface area contributed by atoms with Crippen molar-refractivity contribution in [2.75, 3.05) is 19.7 Å². The van der Waals surface area contributed by atoms with Crippen LogP contribution in [0.3, 0.4) is 0 Å². The van der Waals surface area contributed by atoms with Crippen LogP contribution >= 0.6 is 0 Å². The third-order valence-electron chi connectivity index (χ3n) is 3.91. The van der Waals surface area contributed by atoms with Gasteiger partial charge < -0.3 is 10.4 Å². The van der Waals surface area contributed by atoms with Gasteiger partial charge >= 0.3 is 0 Å². The summed E-state index contributed by atoms with van der Waals surface area (Å²) >= 11 is 0. The highest BCUT2D eigenvalue weighted by Gasteiger charge is 2.13. The molecule has 0 aromatic heterocycles. The molecule has 1 atom stereocenters. The zero-order valence-corrected chi connectivity index (χ0v) is 10.9. The summed E-state index contributed by atoms with van der Waals surface area (Å²) in [5.41, 5.74) is 0. The van der Waals surface area contributed by atoms with Crippen LogP contribution in [0.25, 0.3) is 0 Å². The molecule has 1 rings (SSSR count). The van der Waals surface area contributed by atoms with Crippen molar-refractivity contribution in [3.05, 3.63) is 0 Å². The minimum atomic E-state index is 0.395. The Morgan fingerprint density at radius 1 is 1.19 bits per heavy atom. The average Bonchev–Trinajstić information content (AvgIpc) is 2.35. The van der Waals surface area contributed by atoms with Gasteiger partial charge in [0, 0.05) is 6.61 Å². The van der Waals surface area contributed by atoms with Crippen molar-refractivity contribution in [2.24, 2.45) is 11.8 Å². The van der Waals surface area contributed by atoms with Crippen LogP contribution < -0.4 is 5.32 Å². The van der Waals surface area contributed by atoms with Gasteiger partial charge in [-0.05, 0) is 50.6 Å². The molecular formula is C14H29NO. The van der Waals surface area contributed by atoms with Crippen molar-refractivity contribution in [2.45, 2.75) is 58.3 Å². The first kappa shape index (κ1) is 14.0. The average molecular weight is 227 g/mol. The Morgan fingerprint density at radius 3 is 2.50 bits per heavy atom. The second-order valence-corrected chi connectivity index (χ2v) is 5.32. The summed E-state index contributed by atoms with van der Waals surface area (Å²) in [5.74, 6) is 1.52. The largest absolute Gasteiger partial charge is 0.396 e. The Morgan fingerprint density at radius 2 is 1.88 bits per heavy atom. The quantitative estimate of drug-likeness (QED) is 0.668. The third-order valence-corrected chi connectivity index (χ3v) is 3.91. The van der Waals surface area contributed by atoms with Gasteiger partial charge in [-0.2, -0.15) is 0 Å². The Kier molecular flexibility index (Phi) is 7.87. The summed E-state index contributed by atoms with van der Waals surface area (Å²) in [5, 5.41) is 12.7. The number of nitrogens with one attached hydrogen (secondary N) is 1. The number of hydrogen-bond acceptors (Lipinski definition) is 2. The summed E-state index contributed by atoms with van der Waals surface area (Å²) in [7, 11) is 0. The minimum absolute atomic E-state index is 0.395. The highest BCUT2D eigenvalue weighted by Crippen LogP contribution is 2.22. The fourth-order valence-corrected chi connectivity index (χ4v) is 2.69. The van der Waals surface area contributed by atoms with E-state index in [-0.39, 0.29) is 0 Å². The van der Waals surface area contributed by atoms with Crippen molar-refractivity contribution < 1.29 is 5.11 Å². The predicted octanol–water partition coefficient (Wildman–Crippen LogP) is 2.96. The molecule has 0 saturated carbocycles. The van der Waals surface area contributed by atoms with Gasteiger partial charge in [-0.3, -0.25) is 0 Å². The maximum absolute atomic E-state index is 9.28. The maximum Gasteiger partial charge on any atom is 0.0459 e. The van der Waals surface area contributed by atoms with Crippen molar-refractivity contribution in [3.8, 4) is 0 Å². The molecule has 16 heavy (non-hydrogen) atoms. The van der Waals surface area contributed by atoms with E-state index in [0.717, 1.165) is 5.92 Å². The van der Waals surface area contributed by atoms with Crippen LogP contribution in [0.1, 0.15) is 58.3 Å². The normalized spacial score (nSPS) is 19.9. The molecule has 1 fully saturated rings. The molecule has 0 aromatic carbocycles. The molecule has 1 saturated heterocycles. The highest BCUT2D eigenvalue weighted by atomic mass is 16.3. The molecule has 1 aliphatic heterocycles. The van der Waals surface area contributed by atoms with Crippen molar-refractivity contribution >= 4 is 0 Å². The molecule has 0 aromatic rings. The molecule has 0 amide bonds. The Balaban J connectivity index is 2.02. The number of aliphatic hydroxyl groups excluding tert-OH is 1. The molecule has 1 heterocycles. The molecule has 1 unspecified atom stereocenters. The molecule has 2 nitrogen and oxygen atoms in total. The first-order valence-electron chi connectivity index (χ1n) is 7.18. The van der Waals surface area contributed by atoms with Gasteiger partial charge in [-0.25, -0.2) is 0 Å². The molecule has 0 bridgehead atoms.